The summed E-state index contributed by atoms with van der Waals surface area (Å²) in [5.74, 6) is 1.11. The molecule has 1 aromatic carbocycles. The summed E-state index contributed by atoms with van der Waals surface area (Å²) in [7, 11) is 2.92. The van der Waals surface area contributed by atoms with E-state index in [-0.39, 0.29) is 5.16 Å². The van der Waals surface area contributed by atoms with Crippen LogP contribution in [-0.2, 0) is 16.1 Å². The Hall–Kier alpha value is -1.60. The van der Waals surface area contributed by atoms with Gasteiger partial charge in [-0.05, 0) is 18.6 Å². The largest absolute Gasteiger partial charge is 0.494 e. The number of rotatable bonds is 5. The van der Waals surface area contributed by atoms with Gasteiger partial charge in [-0.25, -0.2) is 8.42 Å². The van der Waals surface area contributed by atoms with Gasteiger partial charge < -0.3 is 4.74 Å². The zero-order valence-corrected chi connectivity index (χ0v) is 12.6. The van der Waals surface area contributed by atoms with Crippen LogP contribution in [0.15, 0.2) is 29.4 Å². The highest BCUT2D eigenvalue weighted by molar-refractivity contribution is 8.13. The molecule has 0 unspecified atom stereocenters. The molecular weight excluding hydrogens is 302 g/mol. The summed E-state index contributed by atoms with van der Waals surface area (Å²) in [4.78, 5) is 0. The molecule has 0 aliphatic carbocycles. The summed E-state index contributed by atoms with van der Waals surface area (Å²) >= 11 is 0. The molecular formula is C12H14ClN3O3S. The van der Waals surface area contributed by atoms with Crippen molar-refractivity contribution < 1.29 is 13.2 Å². The molecule has 108 valence electrons. The van der Waals surface area contributed by atoms with Gasteiger partial charge in [-0.15, -0.1) is 10.2 Å². The molecule has 0 bridgehead atoms. The minimum atomic E-state index is -3.91. The van der Waals surface area contributed by atoms with Gasteiger partial charge in [0.2, 0.25) is 0 Å². The zero-order valence-electron chi connectivity index (χ0n) is 11.1. The summed E-state index contributed by atoms with van der Waals surface area (Å²) in [6.45, 7) is 2.63. The summed E-state index contributed by atoms with van der Waals surface area (Å²) in [6, 6.07) is 7.22. The molecule has 0 saturated heterocycles. The van der Waals surface area contributed by atoms with Crippen molar-refractivity contribution in [3.8, 4) is 17.1 Å². The van der Waals surface area contributed by atoms with Gasteiger partial charge in [-0.1, -0.05) is 19.1 Å². The fraction of sp³-hybridized carbons (Fsp3) is 0.333. The predicted molar refractivity (Wildman–Crippen MR) is 75.3 cm³/mol. The van der Waals surface area contributed by atoms with Crippen molar-refractivity contribution in [1.29, 1.82) is 0 Å². The quantitative estimate of drug-likeness (QED) is 0.791. The SMILES string of the molecule is CCCOc1cccc(-c2nnc(S(=O)(=O)Cl)n2C)c1. The second-order valence-corrected chi connectivity index (χ2v) is 6.64. The molecule has 0 saturated carbocycles. The summed E-state index contributed by atoms with van der Waals surface area (Å²) in [5, 5.41) is 7.19. The van der Waals surface area contributed by atoms with Gasteiger partial charge in [0, 0.05) is 23.3 Å². The van der Waals surface area contributed by atoms with Crippen LogP contribution in [0.25, 0.3) is 11.4 Å². The van der Waals surface area contributed by atoms with Gasteiger partial charge in [-0.3, -0.25) is 4.57 Å². The van der Waals surface area contributed by atoms with E-state index in [0.717, 1.165) is 6.42 Å². The lowest BCUT2D eigenvalue weighted by Gasteiger charge is -2.06. The molecule has 6 nitrogen and oxygen atoms in total. The van der Waals surface area contributed by atoms with Crippen LogP contribution in [0.4, 0.5) is 0 Å². The first-order chi connectivity index (χ1) is 9.43. The van der Waals surface area contributed by atoms with E-state index in [0.29, 0.717) is 23.7 Å². The molecule has 0 fully saturated rings. The topological polar surface area (TPSA) is 74.1 Å². The Balaban J connectivity index is 2.40. The maximum atomic E-state index is 11.3. The molecule has 0 atom stereocenters. The van der Waals surface area contributed by atoms with E-state index in [4.69, 9.17) is 15.4 Å². The van der Waals surface area contributed by atoms with Crippen molar-refractivity contribution >= 4 is 19.7 Å². The van der Waals surface area contributed by atoms with Crippen LogP contribution >= 0.6 is 10.7 Å². The molecule has 0 N–H and O–H groups in total. The molecule has 0 amide bonds. The molecule has 0 radical (unpaired) electrons. The first-order valence-corrected chi connectivity index (χ1v) is 8.31. The van der Waals surface area contributed by atoms with Crippen molar-refractivity contribution in [3.63, 3.8) is 0 Å². The average Bonchev–Trinajstić information content (AvgIpc) is 2.78. The summed E-state index contributed by atoms with van der Waals surface area (Å²) in [5.41, 5.74) is 0.708. The fourth-order valence-corrected chi connectivity index (χ4v) is 2.68. The lowest BCUT2D eigenvalue weighted by molar-refractivity contribution is 0.317. The van der Waals surface area contributed by atoms with Crippen LogP contribution in [0.1, 0.15) is 13.3 Å². The Morgan fingerprint density at radius 2 is 2.10 bits per heavy atom. The summed E-state index contributed by atoms with van der Waals surface area (Å²) < 4.78 is 29.5. The second-order valence-electron chi connectivity index (χ2n) is 4.18. The van der Waals surface area contributed by atoms with Crippen molar-refractivity contribution in [1.82, 2.24) is 14.8 Å². The smallest absolute Gasteiger partial charge is 0.296 e. The fourth-order valence-electron chi connectivity index (χ4n) is 1.72. The van der Waals surface area contributed by atoms with Gasteiger partial charge in [0.25, 0.3) is 14.2 Å². The second kappa shape index (κ2) is 5.80. The normalized spacial score (nSPS) is 11.6. The van der Waals surface area contributed by atoms with E-state index in [1.54, 1.807) is 19.2 Å². The van der Waals surface area contributed by atoms with Gasteiger partial charge in [-0.2, -0.15) is 0 Å². The van der Waals surface area contributed by atoms with E-state index in [1.165, 1.54) is 4.57 Å². The van der Waals surface area contributed by atoms with Crippen LogP contribution in [0.2, 0.25) is 0 Å². The molecule has 2 rings (SSSR count). The third-order valence-corrected chi connectivity index (χ3v) is 3.82. The molecule has 1 aromatic heterocycles. The van der Waals surface area contributed by atoms with Gasteiger partial charge in [0.15, 0.2) is 5.82 Å². The van der Waals surface area contributed by atoms with E-state index < -0.39 is 9.05 Å². The maximum absolute atomic E-state index is 11.3. The van der Waals surface area contributed by atoms with Gasteiger partial charge in [0.1, 0.15) is 5.75 Å². The highest BCUT2D eigenvalue weighted by Crippen LogP contribution is 2.24. The number of hydrogen-bond donors (Lipinski definition) is 0. The average molecular weight is 316 g/mol. The van der Waals surface area contributed by atoms with Gasteiger partial charge in [0.05, 0.1) is 6.61 Å². The van der Waals surface area contributed by atoms with Crippen LogP contribution in [0.5, 0.6) is 5.75 Å². The minimum Gasteiger partial charge on any atom is -0.494 e. The Labute approximate surface area is 121 Å². The molecule has 20 heavy (non-hydrogen) atoms. The van der Waals surface area contributed by atoms with Crippen LogP contribution in [-0.4, -0.2) is 29.8 Å². The van der Waals surface area contributed by atoms with Crippen molar-refractivity contribution in [2.45, 2.75) is 18.5 Å². The minimum absolute atomic E-state index is 0.283. The third-order valence-electron chi connectivity index (χ3n) is 2.62. The third kappa shape index (κ3) is 3.10. The predicted octanol–water partition coefficient (Wildman–Crippen LogP) is 2.20. The Morgan fingerprint density at radius 1 is 1.35 bits per heavy atom. The zero-order chi connectivity index (χ0) is 14.8. The number of hydrogen-bond acceptors (Lipinski definition) is 5. The molecule has 8 heteroatoms. The first-order valence-electron chi connectivity index (χ1n) is 6.00. The molecule has 1 heterocycles. The van der Waals surface area contributed by atoms with Crippen LogP contribution in [0.3, 0.4) is 0 Å². The Bertz CT molecular complexity index is 712. The van der Waals surface area contributed by atoms with E-state index in [1.807, 2.05) is 19.1 Å². The van der Waals surface area contributed by atoms with Crippen LogP contribution < -0.4 is 4.74 Å². The Morgan fingerprint density at radius 3 is 2.70 bits per heavy atom. The van der Waals surface area contributed by atoms with Crippen molar-refractivity contribution in [3.05, 3.63) is 24.3 Å². The molecule has 0 aliphatic heterocycles. The number of halogens is 1. The highest BCUT2D eigenvalue weighted by Gasteiger charge is 2.21. The highest BCUT2D eigenvalue weighted by atomic mass is 35.7. The number of benzene rings is 1. The van der Waals surface area contributed by atoms with E-state index in [9.17, 15) is 8.42 Å². The maximum Gasteiger partial charge on any atom is 0.296 e. The van der Waals surface area contributed by atoms with Crippen molar-refractivity contribution in [2.24, 2.45) is 7.05 Å². The molecule has 2 aromatic rings. The summed E-state index contributed by atoms with van der Waals surface area (Å²) in [6.07, 6.45) is 0.906. The standard InChI is InChI=1S/C12H14ClN3O3S/c1-3-7-19-10-6-4-5-9(8-10)11-14-15-12(16(11)2)20(13,17)18/h4-6,8H,3,7H2,1-2H3. The van der Waals surface area contributed by atoms with E-state index in [2.05, 4.69) is 10.2 Å². The van der Waals surface area contributed by atoms with Crippen molar-refractivity contribution in [2.75, 3.05) is 6.61 Å². The van der Waals surface area contributed by atoms with Crippen LogP contribution in [0, 0.1) is 0 Å². The monoisotopic (exact) mass is 315 g/mol. The Kier molecular flexibility index (Phi) is 4.29. The first kappa shape index (κ1) is 14.8. The molecule has 0 spiro atoms. The molecule has 0 aliphatic rings. The number of aromatic nitrogens is 3. The van der Waals surface area contributed by atoms with E-state index >= 15 is 0 Å². The van der Waals surface area contributed by atoms with Gasteiger partial charge >= 0.3 is 0 Å². The lowest BCUT2D eigenvalue weighted by atomic mass is 10.2. The lowest BCUT2D eigenvalue weighted by Crippen LogP contribution is -2.03. The number of ether oxygens (including phenoxy) is 1. The number of nitrogens with zero attached hydrogens (tertiary/aromatic N) is 3.